The summed E-state index contributed by atoms with van der Waals surface area (Å²) in [5.74, 6) is -1.82. The van der Waals surface area contributed by atoms with Gasteiger partial charge in [0, 0.05) is 19.2 Å². The van der Waals surface area contributed by atoms with Gasteiger partial charge < -0.3 is 4.74 Å². The molecule has 0 bridgehead atoms. The maximum Gasteiger partial charge on any atom is 0.243 e. The number of hydrogen-bond acceptors (Lipinski definition) is 3. The molecule has 7 heteroatoms. The molecule has 1 aromatic carbocycles. The maximum absolute atomic E-state index is 13.1. The van der Waals surface area contributed by atoms with Crippen molar-refractivity contribution in [2.24, 2.45) is 0 Å². The van der Waals surface area contributed by atoms with Crippen LogP contribution in [-0.4, -0.2) is 38.0 Å². The van der Waals surface area contributed by atoms with E-state index in [1.807, 2.05) is 0 Å². The van der Waals surface area contributed by atoms with Gasteiger partial charge in [-0.3, -0.25) is 0 Å². The predicted octanol–water partition coefficient (Wildman–Crippen LogP) is 1.76. The van der Waals surface area contributed by atoms with Crippen molar-refractivity contribution in [3.63, 3.8) is 0 Å². The van der Waals surface area contributed by atoms with Gasteiger partial charge in [-0.1, -0.05) is 0 Å². The summed E-state index contributed by atoms with van der Waals surface area (Å²) < 4.78 is 57.5. The zero-order chi connectivity index (χ0) is 14.2. The summed E-state index contributed by atoms with van der Waals surface area (Å²) >= 11 is 0. The number of morpholine rings is 1. The molecule has 1 aliphatic heterocycles. The molecule has 0 aromatic heterocycles. The van der Waals surface area contributed by atoms with Crippen LogP contribution in [0.1, 0.15) is 13.8 Å². The largest absolute Gasteiger partial charge is 0.373 e. The maximum atomic E-state index is 13.1. The molecule has 1 aromatic rings. The van der Waals surface area contributed by atoms with E-state index in [1.54, 1.807) is 13.8 Å². The van der Waals surface area contributed by atoms with Crippen LogP contribution in [0.15, 0.2) is 23.1 Å². The number of ether oxygens (including phenoxy) is 1. The Labute approximate surface area is 111 Å². The zero-order valence-electron chi connectivity index (χ0n) is 10.6. The van der Waals surface area contributed by atoms with Gasteiger partial charge in [-0.05, 0) is 26.0 Å². The molecule has 4 nitrogen and oxygen atoms in total. The van der Waals surface area contributed by atoms with Crippen LogP contribution >= 0.6 is 0 Å². The quantitative estimate of drug-likeness (QED) is 0.834. The third-order valence-electron chi connectivity index (χ3n) is 2.86. The van der Waals surface area contributed by atoms with Crippen LogP contribution in [0.25, 0.3) is 0 Å². The number of benzene rings is 1. The first kappa shape index (κ1) is 14.4. The number of sulfonamides is 1. The monoisotopic (exact) mass is 291 g/mol. The molecule has 106 valence electrons. The highest BCUT2D eigenvalue weighted by atomic mass is 32.2. The molecular weight excluding hydrogens is 276 g/mol. The molecular formula is C12H15F2NO3S. The van der Waals surface area contributed by atoms with Gasteiger partial charge in [0.25, 0.3) is 0 Å². The van der Waals surface area contributed by atoms with Crippen molar-refractivity contribution in [2.75, 3.05) is 13.1 Å². The average molecular weight is 291 g/mol. The Morgan fingerprint density at radius 3 is 2.05 bits per heavy atom. The fourth-order valence-corrected chi connectivity index (χ4v) is 3.79. The Bertz CT molecular complexity index is 546. The lowest BCUT2D eigenvalue weighted by molar-refractivity contribution is -0.0440. The highest BCUT2D eigenvalue weighted by Gasteiger charge is 2.32. The summed E-state index contributed by atoms with van der Waals surface area (Å²) in [5, 5.41) is 0. The summed E-state index contributed by atoms with van der Waals surface area (Å²) in [7, 11) is -3.90. The van der Waals surface area contributed by atoms with Gasteiger partial charge in [-0.2, -0.15) is 4.31 Å². The van der Waals surface area contributed by atoms with Crippen molar-refractivity contribution in [3.05, 3.63) is 29.8 Å². The molecule has 1 fully saturated rings. The van der Waals surface area contributed by atoms with Crippen molar-refractivity contribution in [3.8, 4) is 0 Å². The van der Waals surface area contributed by atoms with Gasteiger partial charge in [-0.15, -0.1) is 0 Å². The first-order chi connectivity index (χ1) is 8.79. The third-order valence-corrected chi connectivity index (χ3v) is 4.67. The van der Waals surface area contributed by atoms with E-state index in [2.05, 4.69) is 0 Å². The minimum atomic E-state index is -3.90. The van der Waals surface area contributed by atoms with Crippen LogP contribution in [0, 0.1) is 11.6 Å². The Morgan fingerprint density at radius 2 is 1.58 bits per heavy atom. The molecule has 19 heavy (non-hydrogen) atoms. The minimum absolute atomic E-state index is 0.171. The SMILES string of the molecule is CC1CN(S(=O)(=O)c2cc(F)cc(F)c2)CC(C)O1. The summed E-state index contributed by atoms with van der Waals surface area (Å²) in [6, 6.07) is 2.29. The van der Waals surface area contributed by atoms with Crippen molar-refractivity contribution < 1.29 is 21.9 Å². The van der Waals surface area contributed by atoms with E-state index in [-0.39, 0.29) is 30.2 Å². The van der Waals surface area contributed by atoms with E-state index in [4.69, 9.17) is 4.74 Å². The Balaban J connectivity index is 2.36. The molecule has 2 rings (SSSR count). The van der Waals surface area contributed by atoms with E-state index in [9.17, 15) is 17.2 Å². The second-order valence-corrected chi connectivity index (χ2v) is 6.62. The molecule has 1 aliphatic rings. The Kier molecular flexibility index (Phi) is 3.89. The lowest BCUT2D eigenvalue weighted by atomic mass is 10.3. The van der Waals surface area contributed by atoms with E-state index >= 15 is 0 Å². The fourth-order valence-electron chi connectivity index (χ4n) is 2.15. The summed E-state index contributed by atoms with van der Waals surface area (Å²) in [4.78, 5) is -0.369. The van der Waals surface area contributed by atoms with E-state index in [0.717, 1.165) is 12.1 Å². The van der Waals surface area contributed by atoms with Crippen molar-refractivity contribution >= 4 is 10.0 Å². The number of nitrogens with zero attached hydrogens (tertiary/aromatic N) is 1. The predicted molar refractivity (Wildman–Crippen MR) is 65.1 cm³/mol. The molecule has 2 unspecified atom stereocenters. The van der Waals surface area contributed by atoms with Crippen molar-refractivity contribution in [2.45, 2.75) is 31.0 Å². The average Bonchev–Trinajstić information content (AvgIpc) is 2.26. The Morgan fingerprint density at radius 1 is 1.11 bits per heavy atom. The second-order valence-electron chi connectivity index (χ2n) is 4.68. The van der Waals surface area contributed by atoms with Gasteiger partial charge in [0.2, 0.25) is 10.0 Å². The van der Waals surface area contributed by atoms with Crippen LogP contribution in [0.4, 0.5) is 8.78 Å². The van der Waals surface area contributed by atoms with Gasteiger partial charge in [0.05, 0.1) is 17.1 Å². The standard InChI is InChI=1S/C12H15F2NO3S/c1-8-6-15(7-9(2)18-8)19(16,17)12-4-10(13)3-11(14)5-12/h3-5,8-9H,6-7H2,1-2H3. The molecule has 1 saturated heterocycles. The van der Waals surface area contributed by atoms with E-state index in [0.29, 0.717) is 6.07 Å². The van der Waals surface area contributed by atoms with E-state index < -0.39 is 21.7 Å². The molecule has 0 N–H and O–H groups in total. The Hall–Kier alpha value is -1.05. The van der Waals surface area contributed by atoms with Crippen LogP contribution in [0.2, 0.25) is 0 Å². The zero-order valence-corrected chi connectivity index (χ0v) is 11.5. The molecule has 0 saturated carbocycles. The van der Waals surface area contributed by atoms with Crippen LogP contribution in [0.5, 0.6) is 0 Å². The van der Waals surface area contributed by atoms with Gasteiger partial charge in [0.1, 0.15) is 11.6 Å². The molecule has 0 spiro atoms. The smallest absolute Gasteiger partial charge is 0.243 e. The van der Waals surface area contributed by atoms with Crippen molar-refractivity contribution in [1.29, 1.82) is 0 Å². The normalized spacial score (nSPS) is 25.5. The topological polar surface area (TPSA) is 46.6 Å². The lowest BCUT2D eigenvalue weighted by Crippen LogP contribution is -2.48. The van der Waals surface area contributed by atoms with Gasteiger partial charge in [-0.25, -0.2) is 17.2 Å². The fraction of sp³-hybridized carbons (Fsp3) is 0.500. The summed E-state index contributed by atoms with van der Waals surface area (Å²) in [5.41, 5.74) is 0. The lowest BCUT2D eigenvalue weighted by Gasteiger charge is -2.34. The number of rotatable bonds is 2. The third kappa shape index (κ3) is 3.10. The van der Waals surface area contributed by atoms with Crippen LogP contribution in [-0.2, 0) is 14.8 Å². The first-order valence-corrected chi connectivity index (χ1v) is 7.35. The van der Waals surface area contributed by atoms with Gasteiger partial charge in [0.15, 0.2) is 0 Å². The molecule has 0 aliphatic carbocycles. The van der Waals surface area contributed by atoms with E-state index in [1.165, 1.54) is 4.31 Å². The molecule has 0 radical (unpaired) electrons. The van der Waals surface area contributed by atoms with Crippen LogP contribution in [0.3, 0.4) is 0 Å². The first-order valence-electron chi connectivity index (χ1n) is 5.91. The summed E-state index contributed by atoms with van der Waals surface area (Å²) in [6.07, 6.45) is -0.506. The highest BCUT2D eigenvalue weighted by molar-refractivity contribution is 7.89. The molecule has 1 heterocycles. The van der Waals surface area contributed by atoms with Gasteiger partial charge >= 0.3 is 0 Å². The molecule has 0 amide bonds. The number of halogens is 2. The summed E-state index contributed by atoms with van der Waals surface area (Å²) in [6.45, 7) is 3.85. The number of hydrogen-bond donors (Lipinski definition) is 0. The van der Waals surface area contributed by atoms with Crippen LogP contribution < -0.4 is 0 Å². The second kappa shape index (κ2) is 5.15. The molecule has 2 atom stereocenters. The highest BCUT2D eigenvalue weighted by Crippen LogP contribution is 2.22. The minimum Gasteiger partial charge on any atom is -0.373 e. The van der Waals surface area contributed by atoms with Crippen molar-refractivity contribution in [1.82, 2.24) is 4.31 Å².